The SMILES string of the molecule is Cc1ccc2c(c1)c(=O)oc1cc(Cl)ccc12. The fourth-order valence-corrected chi connectivity index (χ4v) is 2.18. The Kier molecular flexibility index (Phi) is 2.20. The highest BCUT2D eigenvalue weighted by Gasteiger charge is 2.07. The number of benzene rings is 2. The zero-order chi connectivity index (χ0) is 12.0. The molecule has 0 fully saturated rings. The van der Waals surface area contributed by atoms with Crippen molar-refractivity contribution in [2.45, 2.75) is 6.92 Å². The maximum atomic E-state index is 11.8. The second kappa shape index (κ2) is 3.60. The summed E-state index contributed by atoms with van der Waals surface area (Å²) in [5.74, 6) is 0. The van der Waals surface area contributed by atoms with Crippen LogP contribution in [0.2, 0.25) is 5.02 Å². The molecule has 3 aromatic rings. The summed E-state index contributed by atoms with van der Waals surface area (Å²) in [5.41, 5.74) is 1.25. The Morgan fingerprint density at radius 3 is 2.59 bits per heavy atom. The molecule has 84 valence electrons. The van der Waals surface area contributed by atoms with Gasteiger partial charge in [-0.25, -0.2) is 4.79 Å². The van der Waals surface area contributed by atoms with Crippen molar-refractivity contribution in [3.63, 3.8) is 0 Å². The average Bonchev–Trinajstić information content (AvgIpc) is 2.29. The van der Waals surface area contributed by atoms with Crippen molar-refractivity contribution in [2.75, 3.05) is 0 Å². The van der Waals surface area contributed by atoms with E-state index in [1.54, 1.807) is 12.1 Å². The van der Waals surface area contributed by atoms with Crippen molar-refractivity contribution in [3.8, 4) is 0 Å². The molecule has 2 nitrogen and oxygen atoms in total. The molecule has 3 rings (SSSR count). The third-order valence-electron chi connectivity index (χ3n) is 2.83. The number of halogens is 1. The Labute approximate surface area is 102 Å². The highest BCUT2D eigenvalue weighted by Crippen LogP contribution is 2.25. The van der Waals surface area contributed by atoms with Crippen LogP contribution in [0.1, 0.15) is 5.56 Å². The molecule has 3 heteroatoms. The third-order valence-corrected chi connectivity index (χ3v) is 3.07. The first-order chi connectivity index (χ1) is 8.15. The highest BCUT2D eigenvalue weighted by molar-refractivity contribution is 6.31. The van der Waals surface area contributed by atoms with Crippen LogP contribution in [-0.2, 0) is 0 Å². The summed E-state index contributed by atoms with van der Waals surface area (Å²) in [7, 11) is 0. The molecule has 0 amide bonds. The van der Waals surface area contributed by atoms with Crippen LogP contribution in [0.4, 0.5) is 0 Å². The van der Waals surface area contributed by atoms with E-state index in [1.165, 1.54) is 0 Å². The monoisotopic (exact) mass is 244 g/mol. The molecular weight excluding hydrogens is 236 g/mol. The van der Waals surface area contributed by atoms with Gasteiger partial charge in [-0.3, -0.25) is 0 Å². The van der Waals surface area contributed by atoms with E-state index in [0.29, 0.717) is 16.0 Å². The first-order valence-corrected chi connectivity index (χ1v) is 5.66. The molecule has 2 aromatic carbocycles. The van der Waals surface area contributed by atoms with E-state index >= 15 is 0 Å². The summed E-state index contributed by atoms with van der Waals surface area (Å²) in [6.07, 6.45) is 0. The van der Waals surface area contributed by atoms with Crippen molar-refractivity contribution < 1.29 is 4.42 Å². The second-order valence-corrected chi connectivity index (χ2v) is 4.52. The molecule has 0 saturated heterocycles. The number of rotatable bonds is 0. The van der Waals surface area contributed by atoms with Gasteiger partial charge in [0.25, 0.3) is 0 Å². The molecule has 0 radical (unpaired) electrons. The van der Waals surface area contributed by atoms with E-state index in [2.05, 4.69) is 0 Å². The van der Waals surface area contributed by atoms with Gasteiger partial charge in [-0.05, 0) is 30.5 Å². The lowest BCUT2D eigenvalue weighted by Crippen LogP contribution is -1.99. The second-order valence-electron chi connectivity index (χ2n) is 4.08. The number of aryl methyl sites for hydroxylation is 1. The van der Waals surface area contributed by atoms with Crippen LogP contribution in [0.15, 0.2) is 45.6 Å². The van der Waals surface area contributed by atoms with Crippen LogP contribution >= 0.6 is 11.6 Å². The molecule has 0 bridgehead atoms. The molecule has 0 saturated carbocycles. The summed E-state index contributed by atoms with van der Waals surface area (Å²) < 4.78 is 5.27. The smallest absolute Gasteiger partial charge is 0.344 e. The summed E-state index contributed by atoms with van der Waals surface area (Å²) in [5, 5.41) is 2.98. The molecular formula is C14H9ClO2. The molecule has 1 aromatic heterocycles. The Balaban J connectivity index is 2.60. The minimum atomic E-state index is -0.321. The van der Waals surface area contributed by atoms with E-state index in [0.717, 1.165) is 16.3 Å². The van der Waals surface area contributed by atoms with Gasteiger partial charge in [-0.15, -0.1) is 0 Å². The van der Waals surface area contributed by atoms with Crippen LogP contribution in [0, 0.1) is 6.92 Å². The molecule has 17 heavy (non-hydrogen) atoms. The average molecular weight is 245 g/mol. The Bertz CT molecular complexity index is 787. The van der Waals surface area contributed by atoms with Crippen molar-refractivity contribution in [1.29, 1.82) is 0 Å². The zero-order valence-corrected chi connectivity index (χ0v) is 9.91. The molecule has 1 heterocycles. The maximum Gasteiger partial charge on any atom is 0.344 e. The summed E-state index contributed by atoms with van der Waals surface area (Å²) in [4.78, 5) is 11.8. The minimum absolute atomic E-state index is 0.321. The number of hydrogen-bond acceptors (Lipinski definition) is 2. The maximum absolute atomic E-state index is 11.8. The lowest BCUT2D eigenvalue weighted by atomic mass is 10.1. The van der Waals surface area contributed by atoms with Crippen LogP contribution < -0.4 is 5.63 Å². The van der Waals surface area contributed by atoms with E-state index in [4.69, 9.17) is 16.0 Å². The van der Waals surface area contributed by atoms with Crippen molar-refractivity contribution in [1.82, 2.24) is 0 Å². The Morgan fingerprint density at radius 1 is 1.00 bits per heavy atom. The fraction of sp³-hybridized carbons (Fsp3) is 0.0714. The summed E-state index contributed by atoms with van der Waals surface area (Å²) in [6.45, 7) is 1.95. The standard InChI is InChI=1S/C14H9ClO2/c1-8-2-4-10-11-5-3-9(15)7-13(11)17-14(16)12(10)6-8/h2-7H,1H3. The Hall–Kier alpha value is -1.80. The number of fused-ring (bicyclic) bond motifs is 3. The lowest BCUT2D eigenvalue weighted by Gasteiger charge is -2.03. The third kappa shape index (κ3) is 1.61. The largest absolute Gasteiger partial charge is 0.422 e. The normalized spacial score (nSPS) is 11.2. The molecule has 0 atom stereocenters. The topological polar surface area (TPSA) is 30.2 Å². The van der Waals surface area contributed by atoms with Gasteiger partial charge in [0, 0.05) is 16.5 Å². The van der Waals surface area contributed by atoms with Gasteiger partial charge in [0.15, 0.2) is 0 Å². The molecule has 0 aliphatic heterocycles. The quantitative estimate of drug-likeness (QED) is 0.443. The van der Waals surface area contributed by atoms with Crippen LogP contribution in [-0.4, -0.2) is 0 Å². The first kappa shape index (κ1) is 10.4. The van der Waals surface area contributed by atoms with Crippen molar-refractivity contribution >= 4 is 33.3 Å². The van der Waals surface area contributed by atoms with Crippen LogP contribution in [0.3, 0.4) is 0 Å². The summed E-state index contributed by atoms with van der Waals surface area (Å²) >= 11 is 5.89. The van der Waals surface area contributed by atoms with E-state index in [-0.39, 0.29) is 5.63 Å². The minimum Gasteiger partial charge on any atom is -0.422 e. The molecule has 0 aliphatic carbocycles. The lowest BCUT2D eigenvalue weighted by molar-refractivity contribution is 0.569. The Morgan fingerprint density at radius 2 is 1.76 bits per heavy atom. The van der Waals surface area contributed by atoms with Crippen LogP contribution in [0.25, 0.3) is 21.7 Å². The van der Waals surface area contributed by atoms with Crippen molar-refractivity contribution in [3.05, 3.63) is 57.4 Å². The van der Waals surface area contributed by atoms with E-state index < -0.39 is 0 Å². The van der Waals surface area contributed by atoms with Gasteiger partial charge in [0.05, 0.1) is 5.39 Å². The highest BCUT2D eigenvalue weighted by atomic mass is 35.5. The molecule has 0 spiro atoms. The van der Waals surface area contributed by atoms with Gasteiger partial charge < -0.3 is 4.42 Å². The fourth-order valence-electron chi connectivity index (χ4n) is 2.02. The molecule has 0 aliphatic rings. The zero-order valence-electron chi connectivity index (χ0n) is 9.16. The van der Waals surface area contributed by atoms with Gasteiger partial charge in [0.2, 0.25) is 0 Å². The number of hydrogen-bond donors (Lipinski definition) is 0. The molecule has 0 unspecified atom stereocenters. The van der Waals surface area contributed by atoms with Gasteiger partial charge in [-0.1, -0.05) is 29.3 Å². The van der Waals surface area contributed by atoms with E-state index in [9.17, 15) is 4.79 Å². The first-order valence-electron chi connectivity index (χ1n) is 5.28. The van der Waals surface area contributed by atoms with Gasteiger partial charge >= 0.3 is 5.63 Å². The predicted molar refractivity (Wildman–Crippen MR) is 69.7 cm³/mol. The van der Waals surface area contributed by atoms with Gasteiger partial charge in [-0.2, -0.15) is 0 Å². The van der Waals surface area contributed by atoms with Crippen molar-refractivity contribution in [2.24, 2.45) is 0 Å². The summed E-state index contributed by atoms with van der Waals surface area (Å²) in [6, 6.07) is 11.1. The molecule has 0 N–H and O–H groups in total. The predicted octanol–water partition coefficient (Wildman–Crippen LogP) is 3.91. The van der Waals surface area contributed by atoms with Crippen LogP contribution in [0.5, 0.6) is 0 Å². The van der Waals surface area contributed by atoms with Gasteiger partial charge in [0.1, 0.15) is 5.58 Å². The van der Waals surface area contributed by atoms with E-state index in [1.807, 2.05) is 31.2 Å².